The molecule has 1 N–H and O–H groups in total. The number of nitriles is 1. The molecule has 1 atom stereocenters. The predicted molar refractivity (Wildman–Crippen MR) is 89.4 cm³/mol. The second-order valence-corrected chi connectivity index (χ2v) is 11.8. The van der Waals surface area contributed by atoms with Gasteiger partial charge >= 0.3 is 122 Å². The SMILES string of the molecule is CCC(C(=O)Nc1c(C)cc(C#N)cc1C)[PH](C)(C)C. The number of carbonyl (C=O) groups excluding carboxylic acids is 1. The van der Waals surface area contributed by atoms with E-state index in [9.17, 15) is 4.79 Å². The van der Waals surface area contributed by atoms with Gasteiger partial charge in [0.25, 0.3) is 0 Å². The van der Waals surface area contributed by atoms with Gasteiger partial charge in [0.15, 0.2) is 0 Å². The van der Waals surface area contributed by atoms with Crippen molar-refractivity contribution in [2.24, 2.45) is 0 Å². The van der Waals surface area contributed by atoms with Gasteiger partial charge in [0, 0.05) is 0 Å². The Balaban J connectivity index is 3.06. The van der Waals surface area contributed by atoms with Crippen LogP contribution in [0.25, 0.3) is 0 Å². The van der Waals surface area contributed by atoms with Crippen LogP contribution in [0.15, 0.2) is 12.1 Å². The Kier molecular flexibility index (Phi) is 5.31. The summed E-state index contributed by atoms with van der Waals surface area (Å²) in [6, 6.07) is 5.78. The van der Waals surface area contributed by atoms with Crippen LogP contribution in [0.2, 0.25) is 0 Å². The number of nitrogens with zero attached hydrogens (tertiary/aromatic N) is 1. The monoisotopic (exact) mass is 292 g/mol. The Morgan fingerprint density at radius 1 is 1.30 bits per heavy atom. The summed E-state index contributed by atoms with van der Waals surface area (Å²) in [6.45, 7) is 12.6. The number of hydrogen-bond donors (Lipinski definition) is 1. The summed E-state index contributed by atoms with van der Waals surface area (Å²) in [4.78, 5) is 12.5. The van der Waals surface area contributed by atoms with Crippen LogP contribution in [-0.2, 0) is 4.79 Å². The maximum atomic E-state index is 12.5. The Labute approximate surface area is 122 Å². The first-order valence-corrected chi connectivity index (χ1v) is 10.6. The van der Waals surface area contributed by atoms with Crippen molar-refractivity contribution < 1.29 is 4.79 Å². The van der Waals surface area contributed by atoms with E-state index in [1.807, 2.05) is 26.0 Å². The van der Waals surface area contributed by atoms with Crippen LogP contribution in [-0.4, -0.2) is 31.6 Å². The number of hydrogen-bond acceptors (Lipinski definition) is 2. The number of benzene rings is 1. The molecule has 1 amide bonds. The van der Waals surface area contributed by atoms with Crippen LogP contribution >= 0.6 is 7.26 Å². The van der Waals surface area contributed by atoms with Gasteiger partial charge in [-0.25, -0.2) is 0 Å². The van der Waals surface area contributed by atoms with Crippen molar-refractivity contribution in [1.29, 1.82) is 5.26 Å². The van der Waals surface area contributed by atoms with Crippen LogP contribution < -0.4 is 5.32 Å². The van der Waals surface area contributed by atoms with Crippen molar-refractivity contribution in [3.05, 3.63) is 28.8 Å². The molecule has 0 saturated heterocycles. The van der Waals surface area contributed by atoms with Gasteiger partial charge < -0.3 is 0 Å². The van der Waals surface area contributed by atoms with Gasteiger partial charge in [-0.3, -0.25) is 0 Å². The molecule has 0 aliphatic rings. The molecule has 110 valence electrons. The van der Waals surface area contributed by atoms with Gasteiger partial charge in [0.2, 0.25) is 0 Å². The van der Waals surface area contributed by atoms with E-state index in [4.69, 9.17) is 5.26 Å². The Morgan fingerprint density at radius 3 is 2.15 bits per heavy atom. The summed E-state index contributed by atoms with van der Waals surface area (Å²) in [5, 5.41) is 12.0. The minimum atomic E-state index is -1.52. The molecular weight excluding hydrogens is 267 g/mol. The van der Waals surface area contributed by atoms with E-state index >= 15 is 0 Å². The molecule has 0 saturated carbocycles. The molecule has 0 spiro atoms. The number of rotatable bonds is 4. The van der Waals surface area contributed by atoms with Gasteiger partial charge in [-0.05, 0) is 0 Å². The third-order valence-corrected chi connectivity index (χ3v) is 6.44. The molecular formula is C16H25N2OP. The molecule has 0 aromatic heterocycles. The zero-order valence-corrected chi connectivity index (χ0v) is 14.3. The second-order valence-electron chi connectivity index (χ2n) is 6.41. The zero-order valence-electron chi connectivity index (χ0n) is 13.3. The molecule has 4 heteroatoms. The third kappa shape index (κ3) is 3.81. The van der Waals surface area contributed by atoms with E-state index < -0.39 is 7.26 Å². The Morgan fingerprint density at radius 2 is 1.80 bits per heavy atom. The molecule has 0 aliphatic carbocycles. The van der Waals surface area contributed by atoms with E-state index in [0.29, 0.717) is 5.56 Å². The molecule has 0 heterocycles. The molecule has 3 nitrogen and oxygen atoms in total. The van der Waals surface area contributed by atoms with E-state index in [1.165, 1.54) is 0 Å². The summed E-state index contributed by atoms with van der Waals surface area (Å²) in [6.07, 6.45) is 0.871. The number of nitrogens with one attached hydrogen (secondary N) is 1. The van der Waals surface area contributed by atoms with Crippen LogP contribution in [0.3, 0.4) is 0 Å². The standard InChI is InChI=1S/C16H25N2OP/c1-7-14(20(4,5)6)16(19)18-15-11(2)8-13(10-17)9-12(15)3/h8-9,14,20H,7H2,1-6H3,(H,18,19). The molecule has 0 fully saturated rings. The molecule has 1 aromatic carbocycles. The van der Waals surface area contributed by atoms with E-state index in [0.717, 1.165) is 23.2 Å². The summed E-state index contributed by atoms with van der Waals surface area (Å²) in [7, 11) is -1.52. The number of carbonyl (C=O) groups is 1. The summed E-state index contributed by atoms with van der Waals surface area (Å²) in [5.74, 6) is 0.113. The van der Waals surface area contributed by atoms with Crippen molar-refractivity contribution >= 4 is 18.9 Å². The molecule has 1 aromatic rings. The van der Waals surface area contributed by atoms with Crippen LogP contribution in [0.5, 0.6) is 0 Å². The van der Waals surface area contributed by atoms with Crippen molar-refractivity contribution in [2.75, 3.05) is 25.3 Å². The summed E-state index contributed by atoms with van der Waals surface area (Å²) >= 11 is 0. The first kappa shape index (κ1) is 16.7. The molecule has 1 unspecified atom stereocenters. The maximum absolute atomic E-state index is 12.5. The van der Waals surface area contributed by atoms with Crippen LogP contribution in [0.1, 0.15) is 30.0 Å². The Bertz CT molecular complexity index is 530. The summed E-state index contributed by atoms with van der Waals surface area (Å²) in [5.41, 5.74) is 3.48. The zero-order chi connectivity index (χ0) is 15.5. The predicted octanol–water partition coefficient (Wildman–Crippen LogP) is 3.53. The number of aryl methyl sites for hydroxylation is 2. The first-order chi connectivity index (χ1) is 9.20. The molecule has 1 rings (SSSR count). The molecule has 0 aliphatic heterocycles. The third-order valence-electron chi connectivity index (χ3n) is 3.68. The van der Waals surface area contributed by atoms with E-state index in [-0.39, 0.29) is 11.6 Å². The van der Waals surface area contributed by atoms with E-state index in [2.05, 4.69) is 38.3 Å². The first-order valence-electron chi connectivity index (χ1n) is 7.03. The minimum absolute atomic E-state index is 0.108. The van der Waals surface area contributed by atoms with Gasteiger partial charge in [-0.15, -0.1) is 0 Å². The summed E-state index contributed by atoms with van der Waals surface area (Å²) < 4.78 is 0. The molecule has 0 bridgehead atoms. The van der Waals surface area contributed by atoms with Gasteiger partial charge in [-0.1, -0.05) is 0 Å². The van der Waals surface area contributed by atoms with Crippen molar-refractivity contribution in [1.82, 2.24) is 0 Å². The van der Waals surface area contributed by atoms with E-state index in [1.54, 1.807) is 0 Å². The van der Waals surface area contributed by atoms with Gasteiger partial charge in [0.1, 0.15) is 0 Å². The fourth-order valence-electron chi connectivity index (χ4n) is 2.63. The number of anilines is 1. The average molecular weight is 292 g/mol. The van der Waals surface area contributed by atoms with Crippen LogP contribution in [0.4, 0.5) is 5.69 Å². The van der Waals surface area contributed by atoms with Crippen LogP contribution in [0, 0.1) is 25.2 Å². The van der Waals surface area contributed by atoms with Crippen molar-refractivity contribution in [2.45, 2.75) is 32.9 Å². The average Bonchev–Trinajstić information content (AvgIpc) is 2.32. The van der Waals surface area contributed by atoms with Gasteiger partial charge in [-0.2, -0.15) is 0 Å². The fourth-order valence-corrected chi connectivity index (χ4v) is 4.71. The fraction of sp³-hybridized carbons (Fsp3) is 0.500. The number of amides is 1. The van der Waals surface area contributed by atoms with Gasteiger partial charge in [0.05, 0.1) is 0 Å². The molecule has 20 heavy (non-hydrogen) atoms. The van der Waals surface area contributed by atoms with Crippen molar-refractivity contribution in [3.63, 3.8) is 0 Å². The normalized spacial score (nSPS) is 13.4. The second kappa shape index (κ2) is 6.37. The Hall–Kier alpha value is -1.39. The topological polar surface area (TPSA) is 52.9 Å². The van der Waals surface area contributed by atoms with Crippen molar-refractivity contribution in [3.8, 4) is 6.07 Å². The molecule has 0 radical (unpaired) electrons. The quantitative estimate of drug-likeness (QED) is 0.863.